The summed E-state index contributed by atoms with van der Waals surface area (Å²) in [6.07, 6.45) is 2.56. The van der Waals surface area contributed by atoms with Gasteiger partial charge in [0.05, 0.1) is 18.9 Å². The third-order valence-corrected chi connectivity index (χ3v) is 3.48. The molecule has 1 fully saturated rings. The molecule has 0 bridgehead atoms. The first-order valence-corrected chi connectivity index (χ1v) is 5.99. The Kier molecular flexibility index (Phi) is 2.81. The molecule has 0 amide bonds. The molecule has 0 radical (unpaired) electrons. The van der Waals surface area contributed by atoms with Crippen LogP contribution in [0.2, 0.25) is 0 Å². The van der Waals surface area contributed by atoms with Crippen LogP contribution in [0, 0.1) is 5.92 Å². The summed E-state index contributed by atoms with van der Waals surface area (Å²) < 4.78 is 27.1. The number of nitrogens with one attached hydrogen (secondary N) is 1. The Morgan fingerprint density at radius 2 is 2.26 bits per heavy atom. The summed E-state index contributed by atoms with van der Waals surface area (Å²) >= 11 is 0. The molecule has 0 saturated carbocycles. The highest BCUT2D eigenvalue weighted by atomic mass is 19.3. The number of fused-ring (bicyclic) bond motifs is 1. The summed E-state index contributed by atoms with van der Waals surface area (Å²) in [5, 5.41) is 9.11. The monoisotopic (exact) mass is 269 g/mol. The second kappa shape index (κ2) is 4.37. The van der Waals surface area contributed by atoms with Crippen LogP contribution in [0.5, 0.6) is 0 Å². The number of aromatic amines is 1. The highest BCUT2D eigenvalue weighted by molar-refractivity contribution is 5.82. The summed E-state index contributed by atoms with van der Waals surface area (Å²) in [5.41, 5.74) is 1.13. The van der Waals surface area contributed by atoms with Crippen molar-refractivity contribution < 1.29 is 13.9 Å². The number of anilines is 1. The molecular formula is C11H13F2N5O. The summed E-state index contributed by atoms with van der Waals surface area (Å²) in [4.78, 5) is 16.8. The summed E-state index contributed by atoms with van der Waals surface area (Å²) in [6.45, 7) is -0.288. The Morgan fingerprint density at radius 3 is 3.05 bits per heavy atom. The fourth-order valence-corrected chi connectivity index (χ4v) is 2.35. The lowest BCUT2D eigenvalue weighted by molar-refractivity contribution is -0.0880. The number of aliphatic hydroxyl groups excluding tert-OH is 1. The zero-order valence-electron chi connectivity index (χ0n) is 10.1. The van der Waals surface area contributed by atoms with Crippen LogP contribution in [0.15, 0.2) is 12.7 Å². The quantitative estimate of drug-likeness (QED) is 0.843. The number of hydrogen-bond acceptors (Lipinski definition) is 5. The first-order valence-electron chi connectivity index (χ1n) is 5.99. The van der Waals surface area contributed by atoms with Crippen LogP contribution in [0.4, 0.5) is 14.6 Å². The number of imidazole rings is 1. The number of rotatable bonds is 2. The molecule has 3 rings (SSSR count). The van der Waals surface area contributed by atoms with E-state index in [-0.39, 0.29) is 19.5 Å². The fraction of sp³-hybridized carbons (Fsp3) is 0.545. The van der Waals surface area contributed by atoms with E-state index >= 15 is 0 Å². The molecule has 2 aromatic heterocycles. The van der Waals surface area contributed by atoms with Gasteiger partial charge in [-0.2, -0.15) is 0 Å². The van der Waals surface area contributed by atoms with Crippen molar-refractivity contribution in [2.45, 2.75) is 12.3 Å². The van der Waals surface area contributed by atoms with Crippen LogP contribution in [0.25, 0.3) is 11.2 Å². The number of halogens is 2. The van der Waals surface area contributed by atoms with E-state index in [2.05, 4.69) is 19.9 Å². The van der Waals surface area contributed by atoms with Gasteiger partial charge in [0, 0.05) is 19.5 Å². The van der Waals surface area contributed by atoms with Gasteiger partial charge in [0.25, 0.3) is 5.92 Å². The van der Waals surface area contributed by atoms with Crippen molar-refractivity contribution in [3.63, 3.8) is 0 Å². The van der Waals surface area contributed by atoms with Gasteiger partial charge in [-0.1, -0.05) is 0 Å². The molecule has 19 heavy (non-hydrogen) atoms. The van der Waals surface area contributed by atoms with Gasteiger partial charge < -0.3 is 15.0 Å². The van der Waals surface area contributed by atoms with Gasteiger partial charge >= 0.3 is 0 Å². The van der Waals surface area contributed by atoms with Crippen molar-refractivity contribution in [2.24, 2.45) is 5.92 Å². The lowest BCUT2D eigenvalue weighted by Gasteiger charge is -2.38. The molecule has 2 aromatic rings. The van der Waals surface area contributed by atoms with Gasteiger partial charge in [-0.15, -0.1) is 0 Å². The zero-order chi connectivity index (χ0) is 13.5. The summed E-state index contributed by atoms with van der Waals surface area (Å²) in [6, 6.07) is 0. The van der Waals surface area contributed by atoms with E-state index in [0.717, 1.165) is 0 Å². The maximum absolute atomic E-state index is 13.6. The van der Waals surface area contributed by atoms with Crippen LogP contribution >= 0.6 is 0 Å². The van der Waals surface area contributed by atoms with Crippen molar-refractivity contribution >= 4 is 17.0 Å². The maximum Gasteiger partial charge on any atom is 0.256 e. The Hall–Kier alpha value is -1.83. The lowest BCUT2D eigenvalue weighted by Crippen LogP contribution is -2.49. The Labute approximate surface area is 107 Å². The number of aromatic nitrogens is 4. The van der Waals surface area contributed by atoms with Crippen molar-refractivity contribution in [3.05, 3.63) is 12.7 Å². The number of nitrogens with zero attached hydrogens (tertiary/aromatic N) is 4. The highest BCUT2D eigenvalue weighted by Crippen LogP contribution is 2.35. The third kappa shape index (κ3) is 2.01. The van der Waals surface area contributed by atoms with E-state index in [4.69, 9.17) is 5.11 Å². The molecule has 0 spiro atoms. The van der Waals surface area contributed by atoms with Gasteiger partial charge in [-0.3, -0.25) is 0 Å². The zero-order valence-corrected chi connectivity index (χ0v) is 10.1. The van der Waals surface area contributed by atoms with Crippen LogP contribution < -0.4 is 4.90 Å². The van der Waals surface area contributed by atoms with E-state index < -0.39 is 18.4 Å². The van der Waals surface area contributed by atoms with Gasteiger partial charge in [0.2, 0.25) is 0 Å². The smallest absolute Gasteiger partial charge is 0.256 e. The van der Waals surface area contributed by atoms with Gasteiger partial charge in [0.15, 0.2) is 11.5 Å². The van der Waals surface area contributed by atoms with E-state index in [0.29, 0.717) is 17.0 Å². The first-order chi connectivity index (χ1) is 9.12. The maximum atomic E-state index is 13.6. The molecular weight excluding hydrogens is 256 g/mol. The molecule has 3 heterocycles. The number of alkyl halides is 2. The largest absolute Gasteiger partial charge is 0.396 e. The average molecular weight is 269 g/mol. The van der Waals surface area contributed by atoms with Crippen molar-refractivity contribution in [1.82, 2.24) is 19.9 Å². The standard InChI is InChI=1S/C11H13F2N5O/c12-11(13)1-2-18(3-7(11)4-19)10-8-9(15-5-14-8)16-6-17-10/h5-7,19H,1-4H2,(H,14,15,16,17)/t7-/m0/s1. The molecule has 6 nitrogen and oxygen atoms in total. The van der Waals surface area contributed by atoms with Crippen molar-refractivity contribution in [3.8, 4) is 0 Å². The number of piperidine rings is 1. The highest BCUT2D eigenvalue weighted by Gasteiger charge is 2.44. The second-order valence-corrected chi connectivity index (χ2v) is 4.63. The lowest BCUT2D eigenvalue weighted by atomic mass is 9.94. The number of aliphatic hydroxyl groups is 1. The SMILES string of the molecule is OC[C@@H]1CN(c2ncnc3nc[nH]c23)CCC1(F)F. The fourth-order valence-electron chi connectivity index (χ4n) is 2.35. The summed E-state index contributed by atoms with van der Waals surface area (Å²) in [5.74, 6) is -3.35. The normalized spacial score (nSPS) is 22.9. The average Bonchev–Trinajstić information content (AvgIpc) is 2.86. The van der Waals surface area contributed by atoms with E-state index in [9.17, 15) is 8.78 Å². The molecule has 0 unspecified atom stereocenters. The third-order valence-electron chi connectivity index (χ3n) is 3.48. The van der Waals surface area contributed by atoms with Crippen LogP contribution in [0.3, 0.4) is 0 Å². The predicted molar refractivity (Wildman–Crippen MR) is 64.0 cm³/mol. The first kappa shape index (κ1) is 12.2. The molecule has 2 N–H and O–H groups in total. The molecule has 102 valence electrons. The topological polar surface area (TPSA) is 77.9 Å². The van der Waals surface area contributed by atoms with Gasteiger partial charge in [-0.05, 0) is 0 Å². The van der Waals surface area contributed by atoms with Crippen molar-refractivity contribution in [2.75, 3.05) is 24.6 Å². The molecule has 1 aliphatic heterocycles. The van der Waals surface area contributed by atoms with Crippen molar-refractivity contribution in [1.29, 1.82) is 0 Å². The Bertz CT molecular complexity index is 587. The molecule has 8 heteroatoms. The van der Waals surface area contributed by atoms with Crippen LogP contribution in [-0.4, -0.2) is 50.7 Å². The minimum absolute atomic E-state index is 0.0641. The van der Waals surface area contributed by atoms with E-state index in [1.54, 1.807) is 4.90 Å². The molecule has 1 saturated heterocycles. The minimum Gasteiger partial charge on any atom is -0.396 e. The molecule has 0 aliphatic carbocycles. The minimum atomic E-state index is -2.83. The van der Waals surface area contributed by atoms with Crippen LogP contribution in [-0.2, 0) is 0 Å². The van der Waals surface area contributed by atoms with Crippen LogP contribution in [0.1, 0.15) is 6.42 Å². The molecule has 1 atom stereocenters. The number of hydrogen-bond donors (Lipinski definition) is 2. The molecule has 1 aliphatic rings. The predicted octanol–water partition coefficient (Wildman–Crippen LogP) is 0.807. The summed E-state index contributed by atoms with van der Waals surface area (Å²) in [7, 11) is 0. The van der Waals surface area contributed by atoms with E-state index in [1.165, 1.54) is 12.7 Å². The molecule has 0 aromatic carbocycles. The number of H-pyrrole nitrogens is 1. The van der Waals surface area contributed by atoms with Gasteiger partial charge in [0.1, 0.15) is 11.8 Å². The Balaban J connectivity index is 1.93. The van der Waals surface area contributed by atoms with Gasteiger partial charge in [-0.25, -0.2) is 23.7 Å². The Morgan fingerprint density at radius 1 is 1.42 bits per heavy atom. The van der Waals surface area contributed by atoms with E-state index in [1.807, 2.05) is 0 Å². The second-order valence-electron chi connectivity index (χ2n) is 4.63.